The highest BCUT2D eigenvalue weighted by Crippen LogP contribution is 2.13. The van der Waals surface area contributed by atoms with Gasteiger partial charge in [-0.1, -0.05) is 12.1 Å². The Morgan fingerprint density at radius 3 is 2.19 bits per heavy atom. The van der Waals surface area contributed by atoms with Crippen LogP contribution in [0.2, 0.25) is 0 Å². The summed E-state index contributed by atoms with van der Waals surface area (Å²) >= 11 is 0. The Hall–Kier alpha value is -2.57. The normalized spacial score (nSPS) is 12.0. The largest absolute Gasteiger partial charge is 0.497 e. The van der Waals surface area contributed by atoms with E-state index in [9.17, 15) is 14.4 Å². The molecule has 0 heterocycles. The zero-order valence-corrected chi connectivity index (χ0v) is 16.0. The Morgan fingerprint density at radius 1 is 1.08 bits per heavy atom. The lowest BCUT2D eigenvalue weighted by Crippen LogP contribution is -2.45. The van der Waals surface area contributed by atoms with Gasteiger partial charge in [0, 0.05) is 12.8 Å². The molecule has 144 valence electrons. The van der Waals surface area contributed by atoms with E-state index < -0.39 is 23.7 Å². The summed E-state index contributed by atoms with van der Waals surface area (Å²) in [4.78, 5) is 35.9. The second kappa shape index (κ2) is 9.79. The maximum atomic E-state index is 12.2. The summed E-state index contributed by atoms with van der Waals surface area (Å²) in [6, 6.07) is 6.33. The van der Waals surface area contributed by atoms with E-state index in [0.29, 0.717) is 6.42 Å². The van der Waals surface area contributed by atoms with Gasteiger partial charge in [-0.05, 0) is 44.9 Å². The first-order chi connectivity index (χ1) is 12.1. The van der Waals surface area contributed by atoms with Crippen LogP contribution in [0, 0.1) is 0 Å². The molecule has 7 heteroatoms. The SMILES string of the molecule is COC(=O)[C@@H](CC(=O)CCc1ccc(OC)cc1)NC(=O)OC(C)(C)C. The molecule has 0 spiro atoms. The predicted molar refractivity (Wildman–Crippen MR) is 96.1 cm³/mol. The number of hydrogen-bond donors (Lipinski definition) is 1. The highest BCUT2D eigenvalue weighted by atomic mass is 16.6. The summed E-state index contributed by atoms with van der Waals surface area (Å²) in [6.45, 7) is 5.12. The van der Waals surface area contributed by atoms with Crippen molar-refractivity contribution in [2.45, 2.75) is 51.7 Å². The van der Waals surface area contributed by atoms with Crippen LogP contribution >= 0.6 is 0 Å². The quantitative estimate of drug-likeness (QED) is 0.712. The number of rotatable bonds is 8. The van der Waals surface area contributed by atoms with Crippen molar-refractivity contribution in [2.24, 2.45) is 0 Å². The first kappa shape index (κ1) is 21.5. The van der Waals surface area contributed by atoms with Crippen molar-refractivity contribution in [3.05, 3.63) is 29.8 Å². The number of ketones is 1. The number of methoxy groups -OCH3 is 2. The Bertz CT molecular complexity index is 618. The maximum absolute atomic E-state index is 12.2. The lowest BCUT2D eigenvalue weighted by atomic mass is 10.0. The molecule has 7 nitrogen and oxygen atoms in total. The molecule has 26 heavy (non-hydrogen) atoms. The minimum atomic E-state index is -1.07. The minimum absolute atomic E-state index is 0.151. The van der Waals surface area contributed by atoms with Crippen LogP contribution in [0.4, 0.5) is 4.79 Å². The van der Waals surface area contributed by atoms with E-state index in [1.54, 1.807) is 27.9 Å². The second-order valence-corrected chi connectivity index (χ2v) is 6.81. The molecule has 0 fully saturated rings. The molecule has 1 aromatic rings. The highest BCUT2D eigenvalue weighted by Gasteiger charge is 2.27. The van der Waals surface area contributed by atoms with Gasteiger partial charge < -0.3 is 19.5 Å². The summed E-state index contributed by atoms with van der Waals surface area (Å²) in [5, 5.41) is 2.40. The molecule has 0 aliphatic rings. The lowest BCUT2D eigenvalue weighted by Gasteiger charge is -2.22. The van der Waals surface area contributed by atoms with Gasteiger partial charge in [-0.3, -0.25) is 4.79 Å². The fourth-order valence-electron chi connectivity index (χ4n) is 2.19. The van der Waals surface area contributed by atoms with Crippen molar-refractivity contribution in [1.82, 2.24) is 5.32 Å². The van der Waals surface area contributed by atoms with Gasteiger partial charge in [-0.2, -0.15) is 0 Å². The molecule has 0 aliphatic carbocycles. The molecule has 0 aromatic heterocycles. The number of benzene rings is 1. The first-order valence-electron chi connectivity index (χ1n) is 8.36. The predicted octanol–water partition coefficient (Wildman–Crippen LogP) is 2.65. The number of hydrogen-bond acceptors (Lipinski definition) is 6. The van der Waals surface area contributed by atoms with Gasteiger partial charge in [-0.15, -0.1) is 0 Å². The minimum Gasteiger partial charge on any atom is -0.497 e. The fourth-order valence-corrected chi connectivity index (χ4v) is 2.19. The molecule has 1 atom stereocenters. The molecule has 1 N–H and O–H groups in total. The Balaban J connectivity index is 2.58. The van der Waals surface area contributed by atoms with Crippen molar-refractivity contribution in [3.63, 3.8) is 0 Å². The summed E-state index contributed by atoms with van der Waals surface area (Å²) in [7, 11) is 2.79. The van der Waals surface area contributed by atoms with Gasteiger partial charge in [-0.25, -0.2) is 9.59 Å². The van der Waals surface area contributed by atoms with E-state index in [0.717, 1.165) is 11.3 Å². The Morgan fingerprint density at radius 2 is 1.69 bits per heavy atom. The van der Waals surface area contributed by atoms with Crippen LogP contribution in [-0.4, -0.2) is 43.7 Å². The third-order valence-corrected chi connectivity index (χ3v) is 3.46. The molecule has 0 saturated carbocycles. The summed E-state index contributed by atoms with van der Waals surface area (Å²) < 4.78 is 14.9. The Labute approximate surface area is 154 Å². The average Bonchev–Trinajstić information content (AvgIpc) is 2.57. The number of amides is 1. The number of esters is 1. The van der Waals surface area contributed by atoms with Crippen LogP contribution in [0.15, 0.2) is 24.3 Å². The molecule has 0 bridgehead atoms. The molecule has 0 unspecified atom stereocenters. The third kappa shape index (κ3) is 8.00. The van der Waals surface area contributed by atoms with Crippen molar-refractivity contribution >= 4 is 17.8 Å². The first-order valence-corrected chi connectivity index (χ1v) is 8.36. The maximum Gasteiger partial charge on any atom is 0.408 e. The van der Waals surface area contributed by atoms with E-state index in [1.807, 2.05) is 24.3 Å². The van der Waals surface area contributed by atoms with Gasteiger partial charge in [0.25, 0.3) is 0 Å². The van der Waals surface area contributed by atoms with Crippen LogP contribution in [0.1, 0.15) is 39.2 Å². The van der Waals surface area contributed by atoms with Crippen molar-refractivity contribution in [3.8, 4) is 5.75 Å². The number of carbonyl (C=O) groups excluding carboxylic acids is 3. The molecule has 1 rings (SSSR count). The molecule has 0 saturated heterocycles. The van der Waals surface area contributed by atoms with Crippen molar-refractivity contribution in [1.29, 1.82) is 0 Å². The van der Waals surface area contributed by atoms with Crippen LogP contribution in [0.5, 0.6) is 5.75 Å². The second-order valence-electron chi connectivity index (χ2n) is 6.81. The molecule has 0 radical (unpaired) electrons. The number of ether oxygens (including phenoxy) is 3. The Kier molecular flexibility index (Phi) is 8.09. The van der Waals surface area contributed by atoms with Crippen LogP contribution in [0.3, 0.4) is 0 Å². The molecular formula is C19H27NO6. The zero-order chi connectivity index (χ0) is 19.7. The molecule has 1 aromatic carbocycles. The summed E-state index contributed by atoms with van der Waals surface area (Å²) in [5.41, 5.74) is 0.275. The van der Waals surface area contributed by atoms with Crippen molar-refractivity contribution in [2.75, 3.05) is 14.2 Å². The number of alkyl carbamates (subject to hydrolysis) is 1. The van der Waals surface area contributed by atoms with E-state index >= 15 is 0 Å². The van der Waals surface area contributed by atoms with Crippen LogP contribution in [0.25, 0.3) is 0 Å². The van der Waals surface area contributed by atoms with Gasteiger partial charge in [0.05, 0.1) is 14.2 Å². The van der Waals surface area contributed by atoms with E-state index in [1.165, 1.54) is 7.11 Å². The number of Topliss-reactive ketones (excluding diaryl/α,β-unsaturated/α-hetero) is 1. The van der Waals surface area contributed by atoms with Gasteiger partial charge in [0.2, 0.25) is 0 Å². The number of carbonyl (C=O) groups is 3. The standard InChI is InChI=1S/C19H27NO6/c1-19(2,3)26-18(23)20-16(17(22)25-5)12-14(21)9-6-13-7-10-15(24-4)11-8-13/h7-8,10-11,16H,6,9,12H2,1-5H3,(H,20,23)/t16-/m1/s1. The topological polar surface area (TPSA) is 90.9 Å². The number of aryl methyl sites for hydroxylation is 1. The van der Waals surface area contributed by atoms with Gasteiger partial charge in [0.1, 0.15) is 23.2 Å². The highest BCUT2D eigenvalue weighted by molar-refractivity contribution is 5.89. The summed E-state index contributed by atoms with van der Waals surface area (Å²) in [6.07, 6.45) is -0.142. The van der Waals surface area contributed by atoms with Gasteiger partial charge in [0.15, 0.2) is 0 Å². The van der Waals surface area contributed by atoms with E-state index in [-0.39, 0.29) is 18.6 Å². The monoisotopic (exact) mass is 365 g/mol. The zero-order valence-electron chi connectivity index (χ0n) is 16.0. The van der Waals surface area contributed by atoms with Gasteiger partial charge >= 0.3 is 12.1 Å². The molecule has 1 amide bonds. The smallest absolute Gasteiger partial charge is 0.408 e. The number of nitrogens with one attached hydrogen (secondary N) is 1. The fraction of sp³-hybridized carbons (Fsp3) is 0.526. The lowest BCUT2D eigenvalue weighted by molar-refractivity contribution is -0.144. The van der Waals surface area contributed by atoms with Crippen molar-refractivity contribution < 1.29 is 28.6 Å². The molecular weight excluding hydrogens is 338 g/mol. The average molecular weight is 365 g/mol. The third-order valence-electron chi connectivity index (χ3n) is 3.46. The van der Waals surface area contributed by atoms with E-state index in [2.05, 4.69) is 10.1 Å². The van der Waals surface area contributed by atoms with Crippen LogP contribution in [-0.2, 0) is 25.5 Å². The summed E-state index contributed by atoms with van der Waals surface area (Å²) in [5.74, 6) is -0.103. The molecule has 0 aliphatic heterocycles. The van der Waals surface area contributed by atoms with Crippen LogP contribution < -0.4 is 10.1 Å². The van der Waals surface area contributed by atoms with E-state index in [4.69, 9.17) is 9.47 Å².